The van der Waals surface area contributed by atoms with Gasteiger partial charge in [0.25, 0.3) is 5.91 Å². The average molecular weight is 364 g/mol. The summed E-state index contributed by atoms with van der Waals surface area (Å²) in [6.45, 7) is 0. The first kappa shape index (κ1) is 17.3. The Morgan fingerprint density at radius 2 is 1.81 bits per heavy atom. The molecular weight excluding hydrogens is 353 g/mol. The molecule has 6 nitrogen and oxygen atoms in total. The van der Waals surface area contributed by atoms with Crippen LogP contribution >= 0.6 is 0 Å². The van der Waals surface area contributed by atoms with Crippen molar-refractivity contribution < 1.29 is 28.2 Å². The van der Waals surface area contributed by atoms with Crippen LogP contribution in [-0.2, 0) is 6.18 Å². The van der Waals surface area contributed by atoms with Crippen molar-refractivity contribution in [3.63, 3.8) is 0 Å². The Kier molecular flexibility index (Phi) is 3.87. The molecule has 0 atom stereocenters. The van der Waals surface area contributed by atoms with Gasteiger partial charge in [0.15, 0.2) is 0 Å². The number of alkyl halides is 3. The molecule has 0 bridgehead atoms. The van der Waals surface area contributed by atoms with Crippen LogP contribution in [0.3, 0.4) is 0 Å². The number of benzene rings is 2. The van der Waals surface area contributed by atoms with E-state index in [1.807, 2.05) is 0 Å². The van der Waals surface area contributed by atoms with Gasteiger partial charge in [0, 0.05) is 18.0 Å². The number of phenolic OH excluding ortho intramolecular Hbond substituents is 2. The molecule has 26 heavy (non-hydrogen) atoms. The Hall–Kier alpha value is -3.49. The summed E-state index contributed by atoms with van der Waals surface area (Å²) in [7, 11) is 0. The lowest BCUT2D eigenvalue weighted by Gasteiger charge is -2.16. The number of primary amides is 1. The second kappa shape index (κ2) is 5.80. The van der Waals surface area contributed by atoms with Gasteiger partial charge in [0.05, 0.1) is 16.5 Å². The van der Waals surface area contributed by atoms with Crippen molar-refractivity contribution in [2.45, 2.75) is 6.18 Å². The summed E-state index contributed by atoms with van der Waals surface area (Å²) < 4.78 is 40.2. The number of pyridine rings is 1. The molecule has 2 aromatic carbocycles. The van der Waals surface area contributed by atoms with Crippen molar-refractivity contribution in [2.24, 2.45) is 5.73 Å². The Labute approximate surface area is 143 Å². The molecule has 1 amide bonds. The zero-order valence-corrected chi connectivity index (χ0v) is 12.9. The van der Waals surface area contributed by atoms with Crippen LogP contribution in [0.1, 0.15) is 15.9 Å². The van der Waals surface area contributed by atoms with Crippen molar-refractivity contribution in [1.29, 1.82) is 0 Å². The summed E-state index contributed by atoms with van der Waals surface area (Å²) in [6, 6.07) is 6.25. The van der Waals surface area contributed by atoms with E-state index >= 15 is 0 Å². The SMILES string of the molecule is NC(=O)c1cn(-c2cc(O)cc(C(F)(F)F)c2)c2cccc(O)c2c1=O. The van der Waals surface area contributed by atoms with E-state index in [1.165, 1.54) is 18.2 Å². The number of carbonyl (C=O) groups excluding carboxylic acids is 1. The maximum Gasteiger partial charge on any atom is 0.416 e. The second-order valence-corrected chi connectivity index (χ2v) is 5.51. The number of hydrogen-bond acceptors (Lipinski definition) is 4. The smallest absolute Gasteiger partial charge is 0.416 e. The first-order chi connectivity index (χ1) is 12.1. The minimum absolute atomic E-state index is 0.0405. The first-order valence-corrected chi connectivity index (χ1v) is 7.18. The third-order valence-corrected chi connectivity index (χ3v) is 3.78. The third-order valence-electron chi connectivity index (χ3n) is 3.78. The number of amides is 1. The van der Waals surface area contributed by atoms with Crippen LogP contribution < -0.4 is 11.2 Å². The molecule has 1 aromatic heterocycles. The van der Waals surface area contributed by atoms with E-state index in [0.717, 1.165) is 22.9 Å². The van der Waals surface area contributed by atoms with Crippen LogP contribution in [0.5, 0.6) is 11.5 Å². The lowest BCUT2D eigenvalue weighted by Crippen LogP contribution is -2.24. The molecule has 3 aromatic rings. The van der Waals surface area contributed by atoms with Crippen LogP contribution in [0.25, 0.3) is 16.6 Å². The van der Waals surface area contributed by atoms with Gasteiger partial charge in [0.2, 0.25) is 5.43 Å². The van der Waals surface area contributed by atoms with E-state index in [9.17, 15) is 33.0 Å². The van der Waals surface area contributed by atoms with Crippen LogP contribution in [0.15, 0.2) is 47.4 Å². The zero-order chi connectivity index (χ0) is 19.2. The minimum Gasteiger partial charge on any atom is -0.508 e. The number of hydrogen-bond donors (Lipinski definition) is 3. The highest BCUT2D eigenvalue weighted by Crippen LogP contribution is 2.34. The molecule has 0 fully saturated rings. The lowest BCUT2D eigenvalue weighted by molar-refractivity contribution is -0.137. The molecule has 134 valence electrons. The van der Waals surface area contributed by atoms with E-state index in [4.69, 9.17) is 5.73 Å². The van der Waals surface area contributed by atoms with Gasteiger partial charge in [-0.25, -0.2) is 0 Å². The molecule has 0 aliphatic carbocycles. The largest absolute Gasteiger partial charge is 0.508 e. The van der Waals surface area contributed by atoms with Gasteiger partial charge in [0.1, 0.15) is 17.1 Å². The number of phenols is 2. The monoisotopic (exact) mass is 364 g/mol. The van der Waals surface area contributed by atoms with Gasteiger partial charge in [-0.2, -0.15) is 13.2 Å². The number of rotatable bonds is 2. The van der Waals surface area contributed by atoms with Crippen molar-refractivity contribution in [3.05, 3.63) is 63.9 Å². The molecule has 0 saturated heterocycles. The minimum atomic E-state index is -4.73. The number of carbonyl (C=O) groups is 1. The van der Waals surface area contributed by atoms with E-state index < -0.39 is 40.1 Å². The highest BCUT2D eigenvalue weighted by atomic mass is 19.4. The summed E-state index contributed by atoms with van der Waals surface area (Å²) in [4.78, 5) is 23.9. The lowest BCUT2D eigenvalue weighted by atomic mass is 10.1. The summed E-state index contributed by atoms with van der Waals surface area (Å²) >= 11 is 0. The van der Waals surface area contributed by atoms with E-state index in [-0.39, 0.29) is 16.6 Å². The summed E-state index contributed by atoms with van der Waals surface area (Å²) in [5.74, 6) is -2.23. The van der Waals surface area contributed by atoms with Crippen LogP contribution in [0, 0.1) is 0 Å². The number of aromatic nitrogens is 1. The molecule has 1 heterocycles. The molecule has 0 radical (unpaired) electrons. The normalized spacial score (nSPS) is 11.7. The number of aromatic hydroxyl groups is 2. The van der Waals surface area contributed by atoms with Gasteiger partial charge >= 0.3 is 6.18 Å². The number of fused-ring (bicyclic) bond motifs is 1. The van der Waals surface area contributed by atoms with Gasteiger partial charge in [-0.05, 0) is 24.3 Å². The fourth-order valence-electron chi connectivity index (χ4n) is 2.64. The molecule has 0 aliphatic rings. The van der Waals surface area contributed by atoms with Crippen LogP contribution in [-0.4, -0.2) is 20.7 Å². The fraction of sp³-hybridized carbons (Fsp3) is 0.0588. The Morgan fingerprint density at radius 3 is 2.42 bits per heavy atom. The molecule has 3 rings (SSSR count). The van der Waals surface area contributed by atoms with E-state index in [0.29, 0.717) is 6.07 Å². The molecular formula is C17H11F3N2O4. The maximum absolute atomic E-state index is 13.0. The quantitative estimate of drug-likeness (QED) is 0.650. The zero-order valence-electron chi connectivity index (χ0n) is 12.9. The van der Waals surface area contributed by atoms with E-state index in [2.05, 4.69) is 0 Å². The van der Waals surface area contributed by atoms with Gasteiger partial charge in [-0.1, -0.05) is 6.07 Å². The van der Waals surface area contributed by atoms with Crippen molar-refractivity contribution in [2.75, 3.05) is 0 Å². The predicted molar refractivity (Wildman–Crippen MR) is 86.4 cm³/mol. The number of nitrogens with zero attached hydrogens (tertiary/aromatic N) is 1. The number of halogens is 3. The van der Waals surface area contributed by atoms with Crippen molar-refractivity contribution in [3.8, 4) is 17.2 Å². The number of nitrogens with two attached hydrogens (primary N) is 1. The summed E-state index contributed by atoms with van der Waals surface area (Å²) in [6.07, 6.45) is -3.75. The standard InChI is InChI=1S/C17H11F3N2O4/c18-17(19,20)8-4-9(6-10(23)5-8)22-7-11(16(21)26)15(25)14-12(22)2-1-3-13(14)24/h1-7,23-24H,(H2,21,26). The van der Waals surface area contributed by atoms with Crippen LogP contribution in [0.2, 0.25) is 0 Å². The van der Waals surface area contributed by atoms with Crippen molar-refractivity contribution >= 4 is 16.8 Å². The summed E-state index contributed by atoms with van der Waals surface area (Å²) in [5.41, 5.74) is 2.55. The Balaban J connectivity index is 2.45. The molecule has 0 saturated carbocycles. The second-order valence-electron chi connectivity index (χ2n) is 5.51. The fourth-order valence-corrected chi connectivity index (χ4v) is 2.64. The van der Waals surface area contributed by atoms with Gasteiger partial charge < -0.3 is 20.5 Å². The maximum atomic E-state index is 13.0. The predicted octanol–water partition coefficient (Wildman–Crippen LogP) is 2.52. The van der Waals surface area contributed by atoms with Crippen molar-refractivity contribution in [1.82, 2.24) is 4.57 Å². The average Bonchev–Trinajstić information content (AvgIpc) is 2.53. The molecule has 0 aliphatic heterocycles. The third kappa shape index (κ3) is 2.83. The highest BCUT2D eigenvalue weighted by molar-refractivity contribution is 5.98. The Bertz CT molecular complexity index is 1100. The Morgan fingerprint density at radius 1 is 1.12 bits per heavy atom. The topological polar surface area (TPSA) is 106 Å². The summed E-state index contributed by atoms with van der Waals surface area (Å²) in [5, 5.41) is 19.4. The molecule has 0 unspecified atom stereocenters. The molecule has 9 heteroatoms. The molecule has 0 spiro atoms. The van der Waals surface area contributed by atoms with Gasteiger partial charge in [-0.15, -0.1) is 0 Å². The van der Waals surface area contributed by atoms with Crippen LogP contribution in [0.4, 0.5) is 13.2 Å². The van der Waals surface area contributed by atoms with E-state index in [1.54, 1.807) is 0 Å². The first-order valence-electron chi connectivity index (χ1n) is 7.18. The highest BCUT2D eigenvalue weighted by Gasteiger charge is 2.31. The molecule has 4 N–H and O–H groups in total. The van der Waals surface area contributed by atoms with Gasteiger partial charge in [-0.3, -0.25) is 9.59 Å².